The molecule has 0 amide bonds. The number of anilines is 3. The molecule has 0 heterocycles. The molecular weight excluding hydrogens is 445 g/mol. The van der Waals surface area contributed by atoms with Crippen LogP contribution in [0.2, 0.25) is 5.02 Å². The Kier molecular flexibility index (Phi) is 6.15. The molecule has 0 atom stereocenters. The molecule has 0 saturated heterocycles. The van der Waals surface area contributed by atoms with Crippen LogP contribution in [0.25, 0.3) is 0 Å². The number of ether oxygens (including phenoxy) is 1. The monoisotopic (exact) mass is 464 g/mol. The lowest BCUT2D eigenvalue weighted by atomic mass is 9.92. The maximum atomic E-state index is 12.7. The minimum Gasteiger partial charge on any atom is -0.490 e. The summed E-state index contributed by atoms with van der Waals surface area (Å²) in [7, 11) is 0. The van der Waals surface area contributed by atoms with E-state index in [1.807, 2.05) is 0 Å². The van der Waals surface area contributed by atoms with Crippen molar-refractivity contribution in [2.75, 3.05) is 10.6 Å². The van der Waals surface area contributed by atoms with E-state index < -0.39 is 22.6 Å². The first-order chi connectivity index (χ1) is 15.2. The van der Waals surface area contributed by atoms with Crippen LogP contribution in [0.1, 0.15) is 31.2 Å². The largest absolute Gasteiger partial charge is 0.490 e. The highest BCUT2D eigenvalue weighted by molar-refractivity contribution is 6.30. The molecule has 1 fully saturated rings. The molecule has 0 radical (unpaired) electrons. The van der Waals surface area contributed by atoms with E-state index in [1.165, 1.54) is 12.1 Å². The van der Waals surface area contributed by atoms with Crippen molar-refractivity contribution in [3.63, 3.8) is 0 Å². The highest BCUT2D eigenvalue weighted by atomic mass is 35.5. The first kappa shape index (κ1) is 22.2. The van der Waals surface area contributed by atoms with Crippen molar-refractivity contribution >= 4 is 28.7 Å². The van der Waals surface area contributed by atoms with E-state index in [-0.39, 0.29) is 23.5 Å². The third-order valence-corrected chi connectivity index (χ3v) is 5.75. The molecular formula is C23H20ClF3N2O3. The van der Waals surface area contributed by atoms with Gasteiger partial charge >= 0.3 is 6.18 Å². The van der Waals surface area contributed by atoms with Crippen molar-refractivity contribution in [2.45, 2.75) is 44.0 Å². The van der Waals surface area contributed by atoms with Crippen LogP contribution >= 0.6 is 11.6 Å². The van der Waals surface area contributed by atoms with E-state index in [2.05, 4.69) is 10.6 Å². The lowest BCUT2D eigenvalue weighted by Gasteiger charge is -2.31. The molecule has 1 aliphatic carbocycles. The summed E-state index contributed by atoms with van der Waals surface area (Å²) >= 11 is 5.96. The summed E-state index contributed by atoms with van der Waals surface area (Å²) in [6, 6.07) is 11.5. The average molecular weight is 465 g/mol. The molecule has 1 saturated carbocycles. The summed E-state index contributed by atoms with van der Waals surface area (Å²) in [6.45, 7) is 0. The van der Waals surface area contributed by atoms with Crippen molar-refractivity contribution in [1.29, 1.82) is 0 Å². The molecule has 0 aromatic heterocycles. The van der Waals surface area contributed by atoms with Crippen molar-refractivity contribution in [3.8, 4) is 5.75 Å². The average Bonchev–Trinajstić information content (AvgIpc) is 2.77. The smallest absolute Gasteiger partial charge is 0.416 e. The van der Waals surface area contributed by atoms with Crippen LogP contribution in [0, 0.1) is 0 Å². The predicted octanol–water partition coefficient (Wildman–Crippen LogP) is 5.50. The molecule has 2 N–H and O–H groups in total. The summed E-state index contributed by atoms with van der Waals surface area (Å²) in [6.07, 6.45) is -1.77. The summed E-state index contributed by atoms with van der Waals surface area (Å²) < 4.78 is 43.8. The number of rotatable bonds is 6. The van der Waals surface area contributed by atoms with Crippen molar-refractivity contribution < 1.29 is 17.9 Å². The predicted molar refractivity (Wildman–Crippen MR) is 118 cm³/mol. The van der Waals surface area contributed by atoms with Gasteiger partial charge in [-0.05, 0) is 68.1 Å². The fourth-order valence-electron chi connectivity index (χ4n) is 3.80. The van der Waals surface area contributed by atoms with Gasteiger partial charge in [-0.1, -0.05) is 17.7 Å². The zero-order valence-electron chi connectivity index (χ0n) is 16.8. The quantitative estimate of drug-likeness (QED) is 0.471. The minimum atomic E-state index is -4.38. The Morgan fingerprint density at radius 2 is 1.56 bits per heavy atom. The number of hydrogen-bond acceptors (Lipinski definition) is 5. The van der Waals surface area contributed by atoms with Gasteiger partial charge in [0.2, 0.25) is 0 Å². The van der Waals surface area contributed by atoms with E-state index in [4.69, 9.17) is 16.3 Å². The standard InChI is InChI=1S/C23H20ClF3N2O3/c24-14-2-1-3-16(12-14)29-20-19(21(30)22(20)31)28-15-6-10-18(11-7-15)32-17-8-4-13(5-9-17)23(25,26)27/h1-5,8-9,12,15,18,28-29H,6-7,10-11H2. The minimum absolute atomic E-state index is 0.00864. The third kappa shape index (κ3) is 4.91. The number of alkyl halides is 3. The summed E-state index contributed by atoms with van der Waals surface area (Å²) in [4.78, 5) is 24.1. The van der Waals surface area contributed by atoms with Crippen molar-refractivity contribution in [1.82, 2.24) is 0 Å². The molecule has 0 unspecified atom stereocenters. The second-order valence-electron chi connectivity index (χ2n) is 7.80. The molecule has 0 spiro atoms. The highest BCUT2D eigenvalue weighted by Gasteiger charge is 2.31. The van der Waals surface area contributed by atoms with Crippen molar-refractivity contribution in [2.24, 2.45) is 0 Å². The van der Waals surface area contributed by atoms with Crippen LogP contribution in [0.15, 0.2) is 58.1 Å². The third-order valence-electron chi connectivity index (χ3n) is 5.51. The Morgan fingerprint density at radius 1 is 0.906 bits per heavy atom. The Labute approximate surface area is 186 Å². The number of hydrogen-bond donors (Lipinski definition) is 2. The SMILES string of the molecule is O=c1c(Nc2cccc(Cl)c2)c(NC2CCC(Oc3ccc(C(F)(F)F)cc3)CC2)c1=O. The van der Waals surface area contributed by atoms with E-state index in [0.29, 0.717) is 42.1 Å². The van der Waals surface area contributed by atoms with E-state index >= 15 is 0 Å². The zero-order chi connectivity index (χ0) is 22.9. The van der Waals surface area contributed by atoms with Crippen LogP contribution in [0.5, 0.6) is 5.75 Å². The van der Waals surface area contributed by atoms with Gasteiger partial charge in [-0.15, -0.1) is 0 Å². The fourth-order valence-corrected chi connectivity index (χ4v) is 3.99. The normalized spacial score (nSPS) is 19.0. The van der Waals surface area contributed by atoms with Gasteiger partial charge in [-0.3, -0.25) is 9.59 Å². The molecule has 0 aliphatic heterocycles. The number of halogens is 4. The van der Waals surface area contributed by atoms with E-state index in [0.717, 1.165) is 12.1 Å². The van der Waals surface area contributed by atoms with Gasteiger partial charge in [0, 0.05) is 16.8 Å². The lowest BCUT2D eigenvalue weighted by molar-refractivity contribution is -0.137. The molecule has 9 heteroatoms. The first-order valence-electron chi connectivity index (χ1n) is 10.2. The Bertz CT molecular complexity index is 1160. The van der Waals surface area contributed by atoms with Gasteiger partial charge in [0.05, 0.1) is 11.7 Å². The highest BCUT2D eigenvalue weighted by Crippen LogP contribution is 2.32. The summed E-state index contributed by atoms with van der Waals surface area (Å²) in [5.41, 5.74) is -0.749. The van der Waals surface area contributed by atoms with Crippen LogP contribution in [0.3, 0.4) is 0 Å². The molecule has 32 heavy (non-hydrogen) atoms. The molecule has 0 bridgehead atoms. The molecule has 168 valence electrons. The first-order valence-corrected chi connectivity index (χ1v) is 10.5. The molecule has 3 aromatic rings. The number of nitrogens with one attached hydrogen (secondary N) is 2. The van der Waals surface area contributed by atoms with Gasteiger partial charge in [-0.25, -0.2) is 0 Å². The van der Waals surface area contributed by atoms with Crippen LogP contribution < -0.4 is 26.2 Å². The van der Waals surface area contributed by atoms with Gasteiger partial charge < -0.3 is 15.4 Å². The molecule has 4 rings (SSSR count). The summed E-state index contributed by atoms with van der Waals surface area (Å²) in [5, 5.41) is 6.62. The van der Waals surface area contributed by atoms with Crippen LogP contribution in [0.4, 0.5) is 30.2 Å². The van der Waals surface area contributed by atoms with Crippen LogP contribution in [-0.2, 0) is 6.18 Å². The molecule has 5 nitrogen and oxygen atoms in total. The molecule has 3 aromatic carbocycles. The van der Waals surface area contributed by atoms with Gasteiger partial charge in [-0.2, -0.15) is 13.2 Å². The van der Waals surface area contributed by atoms with Crippen LogP contribution in [-0.4, -0.2) is 12.1 Å². The summed E-state index contributed by atoms with van der Waals surface area (Å²) in [5.74, 6) is 0.393. The molecule has 1 aliphatic rings. The maximum Gasteiger partial charge on any atom is 0.416 e. The van der Waals surface area contributed by atoms with Gasteiger partial charge in [0.25, 0.3) is 10.9 Å². The Hall–Kier alpha value is -3.00. The number of benzene rings is 2. The fraction of sp³-hybridized carbons (Fsp3) is 0.304. The zero-order valence-corrected chi connectivity index (χ0v) is 17.6. The second kappa shape index (κ2) is 8.86. The van der Waals surface area contributed by atoms with Gasteiger partial charge in [0.15, 0.2) is 0 Å². The Morgan fingerprint density at radius 3 is 2.19 bits per heavy atom. The van der Waals surface area contributed by atoms with Gasteiger partial charge in [0.1, 0.15) is 17.1 Å². The topological polar surface area (TPSA) is 67.4 Å². The maximum absolute atomic E-state index is 12.7. The Balaban J connectivity index is 1.32. The van der Waals surface area contributed by atoms with Crippen molar-refractivity contribution in [3.05, 3.63) is 79.6 Å². The van der Waals surface area contributed by atoms with E-state index in [1.54, 1.807) is 24.3 Å². The van der Waals surface area contributed by atoms with E-state index in [9.17, 15) is 22.8 Å². The lowest BCUT2D eigenvalue weighted by Crippen LogP contribution is -2.40. The second-order valence-corrected chi connectivity index (χ2v) is 8.24.